The molecule has 2 aromatic rings. The van der Waals surface area contributed by atoms with Crippen molar-refractivity contribution in [1.29, 1.82) is 0 Å². The van der Waals surface area contributed by atoms with Gasteiger partial charge in [0.15, 0.2) is 0 Å². The molecule has 1 aliphatic rings. The summed E-state index contributed by atoms with van der Waals surface area (Å²) in [6, 6.07) is 15.2. The van der Waals surface area contributed by atoms with E-state index in [0.717, 1.165) is 0 Å². The number of hydrogen-bond donors (Lipinski definition) is 2. The number of amides is 3. The van der Waals surface area contributed by atoms with Gasteiger partial charge in [0.1, 0.15) is 5.75 Å². The summed E-state index contributed by atoms with van der Waals surface area (Å²) in [5.41, 5.74) is 0.949. The molecule has 0 bridgehead atoms. The number of ether oxygens (including phenoxy) is 1. The van der Waals surface area contributed by atoms with Crippen LogP contribution < -0.4 is 15.4 Å². The van der Waals surface area contributed by atoms with Crippen LogP contribution in [0.1, 0.15) is 40.5 Å². The Morgan fingerprint density at radius 3 is 2.32 bits per heavy atom. The van der Waals surface area contributed by atoms with Gasteiger partial charge < -0.3 is 20.3 Å². The Kier molecular flexibility index (Phi) is 7.37. The van der Waals surface area contributed by atoms with Gasteiger partial charge in [-0.05, 0) is 43.2 Å². The van der Waals surface area contributed by atoms with Crippen LogP contribution in [0.3, 0.4) is 0 Å². The normalized spacial score (nSPS) is 13.9. The van der Waals surface area contributed by atoms with Gasteiger partial charge in [-0.2, -0.15) is 0 Å². The molecule has 0 aromatic heterocycles. The predicted octanol–water partition coefficient (Wildman–Crippen LogP) is 1.76. The predicted molar refractivity (Wildman–Crippen MR) is 114 cm³/mol. The summed E-state index contributed by atoms with van der Waals surface area (Å²) in [4.78, 5) is 49.7. The van der Waals surface area contributed by atoms with Gasteiger partial charge in [-0.3, -0.25) is 19.2 Å². The maximum atomic E-state index is 12.7. The number of benzene rings is 2. The number of nitrogens with one attached hydrogen (secondary N) is 2. The number of nitrogens with zero attached hydrogens (tertiary/aromatic N) is 1. The van der Waals surface area contributed by atoms with E-state index in [2.05, 4.69) is 10.6 Å². The lowest BCUT2D eigenvalue weighted by atomic mass is 10.0. The van der Waals surface area contributed by atoms with Crippen LogP contribution in [0.5, 0.6) is 5.75 Å². The van der Waals surface area contributed by atoms with E-state index >= 15 is 0 Å². The standard InChI is InChI=1S/C23H25N3O5/c1-16(27)31-20-9-5-8-18(14-20)23(30)26-12-10-19(11-13-26)25-21(28)15-24-22(29)17-6-3-2-4-7-17/h2-9,14,19H,10-13,15H2,1H3,(H,24,29)(H,25,28). The number of piperidine rings is 1. The van der Waals surface area contributed by atoms with Gasteiger partial charge in [0, 0.05) is 37.2 Å². The molecule has 31 heavy (non-hydrogen) atoms. The van der Waals surface area contributed by atoms with Crippen molar-refractivity contribution in [2.45, 2.75) is 25.8 Å². The molecule has 2 N–H and O–H groups in total. The van der Waals surface area contributed by atoms with E-state index in [1.165, 1.54) is 6.92 Å². The quantitative estimate of drug-likeness (QED) is 0.544. The van der Waals surface area contributed by atoms with Crippen molar-refractivity contribution >= 4 is 23.7 Å². The summed E-state index contributed by atoms with van der Waals surface area (Å²) in [5, 5.41) is 5.51. The third kappa shape index (κ3) is 6.40. The number of rotatable bonds is 6. The highest BCUT2D eigenvalue weighted by molar-refractivity contribution is 5.96. The van der Waals surface area contributed by atoms with E-state index in [1.807, 2.05) is 6.07 Å². The van der Waals surface area contributed by atoms with Crippen LogP contribution in [-0.2, 0) is 9.59 Å². The fraction of sp³-hybridized carbons (Fsp3) is 0.304. The average Bonchev–Trinajstić information content (AvgIpc) is 2.78. The molecule has 2 aromatic carbocycles. The zero-order chi connectivity index (χ0) is 22.2. The third-order valence-electron chi connectivity index (χ3n) is 4.94. The first-order chi connectivity index (χ1) is 14.9. The topological polar surface area (TPSA) is 105 Å². The molecule has 0 unspecified atom stereocenters. The van der Waals surface area contributed by atoms with Crippen molar-refractivity contribution in [3.8, 4) is 5.75 Å². The maximum absolute atomic E-state index is 12.7. The van der Waals surface area contributed by atoms with E-state index in [0.29, 0.717) is 42.8 Å². The molecule has 8 heteroatoms. The Morgan fingerprint density at radius 2 is 1.65 bits per heavy atom. The monoisotopic (exact) mass is 423 g/mol. The molecule has 0 spiro atoms. The highest BCUT2D eigenvalue weighted by Gasteiger charge is 2.25. The first-order valence-corrected chi connectivity index (χ1v) is 10.1. The molecule has 162 valence electrons. The second-order valence-electron chi connectivity index (χ2n) is 7.30. The highest BCUT2D eigenvalue weighted by Crippen LogP contribution is 2.18. The van der Waals surface area contributed by atoms with Crippen LogP contribution in [0.4, 0.5) is 0 Å². The van der Waals surface area contributed by atoms with Crippen molar-refractivity contribution in [2.75, 3.05) is 19.6 Å². The van der Waals surface area contributed by atoms with Gasteiger partial charge in [0.05, 0.1) is 6.54 Å². The minimum absolute atomic E-state index is 0.0578. The summed E-state index contributed by atoms with van der Waals surface area (Å²) < 4.78 is 5.03. The van der Waals surface area contributed by atoms with E-state index in [4.69, 9.17) is 4.74 Å². The molecule has 1 heterocycles. The van der Waals surface area contributed by atoms with Gasteiger partial charge in [0.25, 0.3) is 11.8 Å². The average molecular weight is 423 g/mol. The van der Waals surface area contributed by atoms with Crippen LogP contribution in [-0.4, -0.2) is 54.3 Å². The number of carbonyl (C=O) groups is 4. The summed E-state index contributed by atoms with van der Waals surface area (Å²) in [6.07, 6.45) is 1.24. The summed E-state index contributed by atoms with van der Waals surface area (Å²) in [7, 11) is 0. The van der Waals surface area contributed by atoms with Gasteiger partial charge in [0.2, 0.25) is 5.91 Å². The molecule has 0 atom stereocenters. The Labute approximate surface area is 180 Å². The second kappa shape index (κ2) is 10.4. The first-order valence-electron chi connectivity index (χ1n) is 10.1. The van der Waals surface area contributed by atoms with Crippen molar-refractivity contribution in [3.63, 3.8) is 0 Å². The first kappa shape index (κ1) is 22.0. The molecule has 0 aliphatic carbocycles. The van der Waals surface area contributed by atoms with Crippen LogP contribution >= 0.6 is 0 Å². The lowest BCUT2D eigenvalue weighted by Gasteiger charge is -2.32. The number of esters is 1. The minimum atomic E-state index is -0.443. The lowest BCUT2D eigenvalue weighted by Crippen LogP contribution is -2.48. The lowest BCUT2D eigenvalue weighted by molar-refractivity contribution is -0.131. The summed E-state index contributed by atoms with van der Waals surface area (Å²) in [5.74, 6) is -0.816. The second-order valence-corrected chi connectivity index (χ2v) is 7.30. The van der Waals surface area contributed by atoms with Crippen LogP contribution in [0, 0.1) is 0 Å². The van der Waals surface area contributed by atoms with Gasteiger partial charge >= 0.3 is 5.97 Å². The zero-order valence-electron chi connectivity index (χ0n) is 17.3. The third-order valence-corrected chi connectivity index (χ3v) is 4.94. The molecule has 8 nitrogen and oxygen atoms in total. The number of likely N-dealkylation sites (tertiary alicyclic amines) is 1. The number of carbonyl (C=O) groups excluding carboxylic acids is 4. The van der Waals surface area contributed by atoms with Crippen molar-refractivity contribution in [1.82, 2.24) is 15.5 Å². The molecule has 1 fully saturated rings. The molecule has 3 amide bonds. The Hall–Kier alpha value is -3.68. The molecular weight excluding hydrogens is 398 g/mol. The zero-order valence-corrected chi connectivity index (χ0v) is 17.3. The van der Waals surface area contributed by atoms with E-state index in [9.17, 15) is 19.2 Å². The van der Waals surface area contributed by atoms with Crippen molar-refractivity contribution in [3.05, 3.63) is 65.7 Å². The molecule has 1 aliphatic heterocycles. The largest absolute Gasteiger partial charge is 0.427 e. The van der Waals surface area contributed by atoms with E-state index in [1.54, 1.807) is 53.4 Å². The molecule has 0 radical (unpaired) electrons. The van der Waals surface area contributed by atoms with Gasteiger partial charge in [-0.1, -0.05) is 24.3 Å². The van der Waals surface area contributed by atoms with E-state index in [-0.39, 0.29) is 30.3 Å². The molecular formula is C23H25N3O5. The fourth-order valence-corrected chi connectivity index (χ4v) is 3.40. The van der Waals surface area contributed by atoms with Crippen LogP contribution in [0.25, 0.3) is 0 Å². The van der Waals surface area contributed by atoms with Crippen molar-refractivity contribution < 1.29 is 23.9 Å². The molecule has 1 saturated heterocycles. The van der Waals surface area contributed by atoms with Gasteiger partial charge in [-0.25, -0.2) is 0 Å². The van der Waals surface area contributed by atoms with Crippen LogP contribution in [0.2, 0.25) is 0 Å². The fourth-order valence-electron chi connectivity index (χ4n) is 3.40. The van der Waals surface area contributed by atoms with Crippen molar-refractivity contribution in [2.24, 2.45) is 0 Å². The van der Waals surface area contributed by atoms with Gasteiger partial charge in [-0.15, -0.1) is 0 Å². The molecule has 3 rings (SSSR count). The SMILES string of the molecule is CC(=O)Oc1cccc(C(=O)N2CCC(NC(=O)CNC(=O)c3ccccc3)CC2)c1. The smallest absolute Gasteiger partial charge is 0.308 e. The summed E-state index contributed by atoms with van der Waals surface area (Å²) in [6.45, 7) is 2.20. The number of hydrogen-bond acceptors (Lipinski definition) is 5. The Morgan fingerprint density at radius 1 is 0.968 bits per heavy atom. The Balaban J connectivity index is 1.44. The van der Waals surface area contributed by atoms with Crippen LogP contribution in [0.15, 0.2) is 54.6 Å². The minimum Gasteiger partial charge on any atom is -0.427 e. The summed E-state index contributed by atoms with van der Waals surface area (Å²) >= 11 is 0. The molecule has 0 saturated carbocycles. The maximum Gasteiger partial charge on any atom is 0.308 e. The van der Waals surface area contributed by atoms with E-state index < -0.39 is 5.97 Å². The Bertz CT molecular complexity index is 953. The highest BCUT2D eigenvalue weighted by atomic mass is 16.5.